The molecular weight excluding hydrogens is 236 g/mol. The lowest BCUT2D eigenvalue weighted by molar-refractivity contribution is -0.133. The van der Waals surface area contributed by atoms with E-state index in [2.05, 4.69) is 31.2 Å². The summed E-state index contributed by atoms with van der Waals surface area (Å²) in [5, 5.41) is 9.04. The Balaban J connectivity index is 2.58. The van der Waals surface area contributed by atoms with Gasteiger partial charge in [-0.3, -0.25) is 4.79 Å². The van der Waals surface area contributed by atoms with Crippen LogP contribution in [-0.4, -0.2) is 24.4 Å². The zero-order valence-corrected chi connectivity index (χ0v) is 12.2. The van der Waals surface area contributed by atoms with Gasteiger partial charge in [-0.25, -0.2) is 0 Å². The molecule has 0 spiro atoms. The first-order chi connectivity index (χ1) is 8.95. The van der Waals surface area contributed by atoms with E-state index in [4.69, 9.17) is 5.26 Å². The topological polar surface area (TPSA) is 44.1 Å². The number of aryl methyl sites for hydroxylation is 1. The van der Waals surface area contributed by atoms with Crippen LogP contribution in [0.3, 0.4) is 0 Å². The highest BCUT2D eigenvalue weighted by Crippen LogP contribution is 2.13. The van der Waals surface area contributed by atoms with E-state index in [1.807, 2.05) is 19.9 Å². The number of carbonyl (C=O) groups is 1. The Bertz CT molecular complexity index is 474. The van der Waals surface area contributed by atoms with Crippen LogP contribution in [0.15, 0.2) is 24.3 Å². The van der Waals surface area contributed by atoms with Crippen LogP contribution in [0.4, 0.5) is 0 Å². The summed E-state index contributed by atoms with van der Waals surface area (Å²) < 4.78 is 0. The SMILES string of the molecule is Cc1cccc(CCN(C)C(=O)C(C#N)C(C)C)c1. The van der Waals surface area contributed by atoms with E-state index >= 15 is 0 Å². The lowest BCUT2D eigenvalue weighted by Gasteiger charge is -2.22. The number of nitrogens with zero attached hydrogens (tertiary/aromatic N) is 2. The summed E-state index contributed by atoms with van der Waals surface area (Å²) in [5.74, 6) is -0.563. The van der Waals surface area contributed by atoms with Crippen LogP contribution in [0.5, 0.6) is 0 Å². The third-order valence-electron chi connectivity index (χ3n) is 3.27. The maximum absolute atomic E-state index is 12.1. The van der Waals surface area contributed by atoms with Crippen LogP contribution in [0.25, 0.3) is 0 Å². The van der Waals surface area contributed by atoms with Gasteiger partial charge in [0.2, 0.25) is 5.91 Å². The summed E-state index contributed by atoms with van der Waals surface area (Å²) in [4.78, 5) is 13.8. The lowest BCUT2D eigenvalue weighted by Crippen LogP contribution is -2.36. The second-order valence-electron chi connectivity index (χ2n) is 5.35. The summed E-state index contributed by atoms with van der Waals surface area (Å²) in [6, 6.07) is 10.4. The molecule has 19 heavy (non-hydrogen) atoms. The Hall–Kier alpha value is -1.82. The molecule has 1 aromatic carbocycles. The predicted molar refractivity (Wildman–Crippen MR) is 76.5 cm³/mol. The molecule has 0 aliphatic carbocycles. The van der Waals surface area contributed by atoms with E-state index in [9.17, 15) is 4.79 Å². The Morgan fingerprint density at radius 1 is 1.42 bits per heavy atom. The molecule has 0 saturated carbocycles. The van der Waals surface area contributed by atoms with Crippen LogP contribution in [-0.2, 0) is 11.2 Å². The molecule has 1 aromatic rings. The van der Waals surface area contributed by atoms with Gasteiger partial charge in [-0.15, -0.1) is 0 Å². The van der Waals surface area contributed by atoms with E-state index in [1.165, 1.54) is 11.1 Å². The second kappa shape index (κ2) is 6.94. The minimum atomic E-state index is -0.539. The van der Waals surface area contributed by atoms with Crippen molar-refractivity contribution in [1.82, 2.24) is 4.90 Å². The summed E-state index contributed by atoms with van der Waals surface area (Å²) >= 11 is 0. The number of nitriles is 1. The van der Waals surface area contributed by atoms with Crippen molar-refractivity contribution in [3.05, 3.63) is 35.4 Å². The lowest BCUT2D eigenvalue weighted by atomic mass is 9.96. The maximum atomic E-state index is 12.1. The standard InChI is InChI=1S/C16H22N2O/c1-12(2)15(11-17)16(19)18(4)9-8-14-7-5-6-13(3)10-14/h5-7,10,12,15H,8-9H2,1-4H3. The maximum Gasteiger partial charge on any atom is 0.239 e. The molecule has 0 fully saturated rings. The molecule has 0 bridgehead atoms. The number of carbonyl (C=O) groups excluding carboxylic acids is 1. The fourth-order valence-corrected chi connectivity index (χ4v) is 2.00. The normalized spacial score (nSPS) is 12.0. The summed E-state index contributed by atoms with van der Waals surface area (Å²) in [5.41, 5.74) is 2.45. The highest BCUT2D eigenvalue weighted by atomic mass is 16.2. The van der Waals surface area contributed by atoms with Crippen molar-refractivity contribution in [3.63, 3.8) is 0 Å². The third kappa shape index (κ3) is 4.40. The molecule has 0 saturated heterocycles. The van der Waals surface area contributed by atoms with Gasteiger partial charge >= 0.3 is 0 Å². The molecule has 0 N–H and O–H groups in total. The van der Waals surface area contributed by atoms with E-state index in [1.54, 1.807) is 11.9 Å². The quantitative estimate of drug-likeness (QED) is 0.815. The summed E-state index contributed by atoms with van der Waals surface area (Å²) in [6.45, 7) is 6.51. The number of benzene rings is 1. The largest absolute Gasteiger partial charge is 0.344 e. The summed E-state index contributed by atoms with van der Waals surface area (Å²) in [6.07, 6.45) is 0.820. The summed E-state index contributed by atoms with van der Waals surface area (Å²) in [7, 11) is 1.77. The van der Waals surface area contributed by atoms with E-state index in [0.29, 0.717) is 6.54 Å². The zero-order valence-electron chi connectivity index (χ0n) is 12.2. The third-order valence-corrected chi connectivity index (χ3v) is 3.27. The van der Waals surface area contributed by atoms with Gasteiger partial charge in [-0.2, -0.15) is 5.26 Å². The number of hydrogen-bond donors (Lipinski definition) is 0. The molecule has 0 aliphatic heterocycles. The molecule has 1 amide bonds. The van der Waals surface area contributed by atoms with Gasteiger partial charge in [0.1, 0.15) is 5.92 Å². The monoisotopic (exact) mass is 258 g/mol. The van der Waals surface area contributed by atoms with Crippen LogP contribution in [0, 0.1) is 30.1 Å². The van der Waals surface area contributed by atoms with Crippen LogP contribution < -0.4 is 0 Å². The molecule has 1 rings (SSSR count). The molecule has 0 radical (unpaired) electrons. The average molecular weight is 258 g/mol. The highest BCUT2D eigenvalue weighted by Gasteiger charge is 2.24. The zero-order chi connectivity index (χ0) is 14.4. The van der Waals surface area contributed by atoms with Crippen molar-refractivity contribution in [2.24, 2.45) is 11.8 Å². The minimum absolute atomic E-state index is 0.0546. The number of hydrogen-bond acceptors (Lipinski definition) is 2. The minimum Gasteiger partial charge on any atom is -0.344 e. The number of rotatable bonds is 5. The van der Waals surface area contributed by atoms with Crippen molar-refractivity contribution in [3.8, 4) is 6.07 Å². The molecule has 3 heteroatoms. The van der Waals surface area contributed by atoms with Crippen LogP contribution in [0.2, 0.25) is 0 Å². The molecule has 0 aliphatic rings. The van der Waals surface area contributed by atoms with Crippen molar-refractivity contribution in [2.45, 2.75) is 27.2 Å². The predicted octanol–water partition coefficient (Wildman–Crippen LogP) is 2.79. The van der Waals surface area contributed by atoms with E-state index in [-0.39, 0.29) is 11.8 Å². The first-order valence-corrected chi connectivity index (χ1v) is 6.66. The first-order valence-electron chi connectivity index (χ1n) is 6.66. The van der Waals surface area contributed by atoms with Crippen LogP contribution >= 0.6 is 0 Å². The molecule has 1 atom stereocenters. The highest BCUT2D eigenvalue weighted by molar-refractivity contribution is 5.81. The Morgan fingerprint density at radius 3 is 2.63 bits per heavy atom. The first kappa shape index (κ1) is 15.2. The molecule has 0 aromatic heterocycles. The van der Waals surface area contributed by atoms with Gasteiger partial charge in [0.25, 0.3) is 0 Å². The van der Waals surface area contributed by atoms with E-state index in [0.717, 1.165) is 6.42 Å². The van der Waals surface area contributed by atoms with Gasteiger partial charge in [0.15, 0.2) is 0 Å². The fraction of sp³-hybridized carbons (Fsp3) is 0.500. The van der Waals surface area contributed by atoms with Gasteiger partial charge in [0.05, 0.1) is 6.07 Å². The van der Waals surface area contributed by atoms with Gasteiger partial charge < -0.3 is 4.90 Å². The number of likely N-dealkylation sites (N-methyl/N-ethyl adjacent to an activating group) is 1. The fourth-order valence-electron chi connectivity index (χ4n) is 2.00. The van der Waals surface area contributed by atoms with Gasteiger partial charge in [0, 0.05) is 13.6 Å². The smallest absolute Gasteiger partial charge is 0.239 e. The van der Waals surface area contributed by atoms with Crippen LogP contribution in [0.1, 0.15) is 25.0 Å². The Labute approximate surface area is 115 Å². The van der Waals surface area contributed by atoms with Crippen molar-refractivity contribution < 1.29 is 4.79 Å². The molecule has 3 nitrogen and oxygen atoms in total. The molecular formula is C16H22N2O. The molecule has 1 unspecified atom stereocenters. The van der Waals surface area contributed by atoms with E-state index < -0.39 is 5.92 Å². The Morgan fingerprint density at radius 2 is 2.11 bits per heavy atom. The van der Waals surface area contributed by atoms with Crippen molar-refractivity contribution >= 4 is 5.91 Å². The molecule has 0 heterocycles. The van der Waals surface area contributed by atoms with Gasteiger partial charge in [-0.1, -0.05) is 43.7 Å². The second-order valence-corrected chi connectivity index (χ2v) is 5.35. The Kier molecular flexibility index (Phi) is 5.57. The van der Waals surface area contributed by atoms with Crippen molar-refractivity contribution in [2.75, 3.05) is 13.6 Å². The molecule has 102 valence electrons. The van der Waals surface area contributed by atoms with Crippen molar-refractivity contribution in [1.29, 1.82) is 5.26 Å². The number of amides is 1. The van der Waals surface area contributed by atoms with Gasteiger partial charge in [-0.05, 0) is 24.8 Å². The average Bonchev–Trinajstić information content (AvgIpc) is 2.36.